The van der Waals surface area contributed by atoms with Crippen LogP contribution in [0.1, 0.15) is 85.0 Å². The summed E-state index contributed by atoms with van der Waals surface area (Å²) in [5.41, 5.74) is 5.64. The fraction of sp³-hybridized carbons (Fsp3) is 0.941. The van der Waals surface area contributed by atoms with E-state index < -0.39 is 0 Å². The van der Waals surface area contributed by atoms with Crippen LogP contribution in [0.3, 0.4) is 0 Å². The normalized spacial score (nSPS) is 11.4. The van der Waals surface area contributed by atoms with Gasteiger partial charge in [-0.2, -0.15) is 0 Å². The largest absolute Gasteiger partial charge is 0.392 e. The monoisotopic (exact) mass is 300 g/mol. The Morgan fingerprint density at radius 1 is 0.900 bits per heavy atom. The molecule has 0 aromatic rings. The molecule has 0 aliphatic heterocycles. The summed E-state index contributed by atoms with van der Waals surface area (Å²) in [5.74, 6) is 0. The molecule has 2 N–H and O–H groups in total. The first-order valence-corrected chi connectivity index (χ1v) is 9.01. The zero-order valence-corrected chi connectivity index (χ0v) is 14.8. The summed E-state index contributed by atoms with van der Waals surface area (Å²) < 4.78 is 0. The van der Waals surface area contributed by atoms with Gasteiger partial charge in [-0.3, -0.25) is 4.90 Å². The molecule has 0 aromatic carbocycles. The Kier molecular flexibility index (Phi) is 13.7. The number of hydrogen-bond acceptors (Lipinski definition) is 2. The molecular formula is C17H36N2S. The molecule has 0 amide bonds. The average Bonchev–Trinajstić information content (AvgIpc) is 2.39. The molecule has 0 unspecified atom stereocenters. The van der Waals surface area contributed by atoms with E-state index in [-0.39, 0.29) is 0 Å². The van der Waals surface area contributed by atoms with E-state index in [1.807, 2.05) is 0 Å². The van der Waals surface area contributed by atoms with Gasteiger partial charge in [0.2, 0.25) is 0 Å². The van der Waals surface area contributed by atoms with Crippen molar-refractivity contribution in [3.63, 3.8) is 0 Å². The van der Waals surface area contributed by atoms with Gasteiger partial charge in [-0.25, -0.2) is 0 Å². The summed E-state index contributed by atoms with van der Waals surface area (Å²) in [6, 6.07) is 0.537. The molecule has 0 fully saturated rings. The number of hydrogen-bond donors (Lipinski definition) is 1. The van der Waals surface area contributed by atoms with E-state index in [2.05, 4.69) is 25.7 Å². The molecule has 3 heteroatoms. The van der Waals surface area contributed by atoms with Crippen molar-refractivity contribution < 1.29 is 0 Å². The van der Waals surface area contributed by atoms with Crippen LogP contribution in [0.2, 0.25) is 0 Å². The van der Waals surface area contributed by atoms with Gasteiger partial charge in [0.15, 0.2) is 0 Å². The van der Waals surface area contributed by atoms with Crippen molar-refractivity contribution in [2.24, 2.45) is 5.73 Å². The standard InChI is InChI=1S/C17H36N2S/c1-4-5-6-7-8-9-10-11-12-13-14-19(16(2)3)15-17(18)20/h16H,4-15H2,1-3H3,(H2,18,20). The van der Waals surface area contributed by atoms with E-state index in [9.17, 15) is 0 Å². The molecule has 0 radical (unpaired) electrons. The zero-order chi connectivity index (χ0) is 15.2. The smallest absolute Gasteiger partial charge is 0.0870 e. The van der Waals surface area contributed by atoms with Crippen molar-refractivity contribution in [2.75, 3.05) is 13.1 Å². The Balaban J connectivity index is 3.39. The van der Waals surface area contributed by atoms with Crippen LogP contribution in [0.15, 0.2) is 0 Å². The number of unbranched alkanes of at least 4 members (excludes halogenated alkanes) is 9. The Morgan fingerprint density at radius 3 is 1.75 bits per heavy atom. The van der Waals surface area contributed by atoms with Gasteiger partial charge in [0.25, 0.3) is 0 Å². The number of thiocarbonyl (C=S) groups is 1. The molecule has 0 atom stereocenters. The minimum atomic E-state index is 0.537. The van der Waals surface area contributed by atoms with Gasteiger partial charge in [0, 0.05) is 12.6 Å². The third kappa shape index (κ3) is 12.9. The second-order valence-electron chi connectivity index (χ2n) is 6.21. The van der Waals surface area contributed by atoms with Crippen LogP contribution in [-0.4, -0.2) is 29.0 Å². The highest BCUT2D eigenvalue weighted by Crippen LogP contribution is 2.11. The highest BCUT2D eigenvalue weighted by molar-refractivity contribution is 7.80. The molecule has 0 aliphatic rings. The predicted octanol–water partition coefficient (Wildman–Crippen LogP) is 4.90. The van der Waals surface area contributed by atoms with Gasteiger partial charge in [0.1, 0.15) is 0 Å². The number of nitrogens with two attached hydrogens (primary N) is 1. The first-order valence-electron chi connectivity index (χ1n) is 8.60. The number of rotatable bonds is 14. The second kappa shape index (κ2) is 13.8. The fourth-order valence-electron chi connectivity index (χ4n) is 2.52. The zero-order valence-electron chi connectivity index (χ0n) is 14.0. The highest BCUT2D eigenvalue weighted by Gasteiger charge is 2.09. The lowest BCUT2D eigenvalue weighted by atomic mass is 10.1. The molecule has 0 saturated heterocycles. The number of nitrogens with zero attached hydrogens (tertiary/aromatic N) is 1. The lowest BCUT2D eigenvalue weighted by Crippen LogP contribution is -2.38. The third-order valence-electron chi connectivity index (χ3n) is 3.89. The first-order chi connectivity index (χ1) is 9.57. The third-order valence-corrected chi connectivity index (χ3v) is 4.02. The van der Waals surface area contributed by atoms with E-state index in [4.69, 9.17) is 18.0 Å². The molecular weight excluding hydrogens is 264 g/mol. The van der Waals surface area contributed by atoms with Gasteiger partial charge >= 0.3 is 0 Å². The molecule has 120 valence electrons. The van der Waals surface area contributed by atoms with Gasteiger partial charge in [0.05, 0.1) is 4.99 Å². The van der Waals surface area contributed by atoms with E-state index in [1.54, 1.807) is 0 Å². The second-order valence-corrected chi connectivity index (χ2v) is 6.74. The highest BCUT2D eigenvalue weighted by atomic mass is 32.1. The van der Waals surface area contributed by atoms with Crippen molar-refractivity contribution >= 4 is 17.2 Å². The minimum absolute atomic E-state index is 0.537. The maximum Gasteiger partial charge on any atom is 0.0870 e. The first kappa shape index (κ1) is 19.9. The molecule has 0 rings (SSSR count). The van der Waals surface area contributed by atoms with Gasteiger partial charge in [-0.05, 0) is 26.8 Å². The Hall–Kier alpha value is -0.150. The summed E-state index contributed by atoms with van der Waals surface area (Å²) in [6.07, 6.45) is 13.9. The SMILES string of the molecule is CCCCCCCCCCCCN(CC(N)=S)C(C)C. The van der Waals surface area contributed by atoms with Crippen molar-refractivity contribution in [1.29, 1.82) is 0 Å². The maximum absolute atomic E-state index is 5.64. The van der Waals surface area contributed by atoms with Crippen LogP contribution in [0.5, 0.6) is 0 Å². The maximum atomic E-state index is 5.64. The molecule has 0 aromatic heterocycles. The van der Waals surface area contributed by atoms with E-state index in [0.717, 1.165) is 13.1 Å². The summed E-state index contributed by atoms with van der Waals surface area (Å²) in [4.78, 5) is 3.00. The molecule has 20 heavy (non-hydrogen) atoms. The van der Waals surface area contributed by atoms with Crippen molar-refractivity contribution in [1.82, 2.24) is 4.90 Å². The van der Waals surface area contributed by atoms with Crippen LogP contribution in [0.4, 0.5) is 0 Å². The lowest BCUT2D eigenvalue weighted by molar-refractivity contribution is 0.247. The van der Waals surface area contributed by atoms with Crippen molar-refractivity contribution in [2.45, 2.75) is 91.0 Å². The fourth-order valence-corrected chi connectivity index (χ4v) is 2.69. The van der Waals surface area contributed by atoms with Crippen LogP contribution >= 0.6 is 12.2 Å². The minimum Gasteiger partial charge on any atom is -0.392 e. The Labute approximate surface area is 132 Å². The van der Waals surface area contributed by atoms with E-state index >= 15 is 0 Å². The van der Waals surface area contributed by atoms with E-state index in [0.29, 0.717) is 11.0 Å². The topological polar surface area (TPSA) is 29.3 Å². The van der Waals surface area contributed by atoms with Gasteiger partial charge < -0.3 is 5.73 Å². The van der Waals surface area contributed by atoms with Gasteiger partial charge in [-0.1, -0.05) is 76.9 Å². The summed E-state index contributed by atoms with van der Waals surface area (Å²) in [5, 5.41) is 0. The predicted molar refractivity (Wildman–Crippen MR) is 95.3 cm³/mol. The molecule has 0 bridgehead atoms. The Morgan fingerprint density at radius 2 is 1.35 bits per heavy atom. The van der Waals surface area contributed by atoms with Gasteiger partial charge in [-0.15, -0.1) is 0 Å². The van der Waals surface area contributed by atoms with E-state index in [1.165, 1.54) is 64.2 Å². The van der Waals surface area contributed by atoms with Crippen molar-refractivity contribution in [3.8, 4) is 0 Å². The van der Waals surface area contributed by atoms with Crippen LogP contribution in [-0.2, 0) is 0 Å². The molecule has 0 heterocycles. The molecule has 0 aliphatic carbocycles. The summed E-state index contributed by atoms with van der Waals surface area (Å²) in [7, 11) is 0. The average molecular weight is 301 g/mol. The van der Waals surface area contributed by atoms with Crippen molar-refractivity contribution in [3.05, 3.63) is 0 Å². The lowest BCUT2D eigenvalue weighted by Gasteiger charge is -2.25. The molecule has 0 spiro atoms. The quantitative estimate of drug-likeness (QED) is 0.365. The van der Waals surface area contributed by atoms with Crippen LogP contribution < -0.4 is 5.73 Å². The Bertz CT molecular complexity index is 229. The molecule has 2 nitrogen and oxygen atoms in total. The summed E-state index contributed by atoms with van der Waals surface area (Å²) >= 11 is 5.01. The summed E-state index contributed by atoms with van der Waals surface area (Å²) in [6.45, 7) is 8.61. The molecule has 0 saturated carbocycles. The van der Waals surface area contributed by atoms with Crippen LogP contribution in [0.25, 0.3) is 0 Å². The van der Waals surface area contributed by atoms with Crippen LogP contribution in [0, 0.1) is 0 Å².